The predicted octanol–water partition coefficient (Wildman–Crippen LogP) is 1.64. The Morgan fingerprint density at radius 1 is 1.24 bits per heavy atom. The van der Waals surface area contributed by atoms with E-state index in [1.807, 2.05) is 6.07 Å². The standard InChI is InChI=1S/C17H17FN6O/c1-20-8-13(10-3-2-4-11(18)7-10)24-17-15-14(22-9-23-17)12(16(19)25)5-6-21-15/h2-7,9,13,20H,8H2,1H3,(H2,19,25)(H,22,23,24). The zero-order chi connectivity index (χ0) is 17.8. The van der Waals surface area contributed by atoms with E-state index in [4.69, 9.17) is 5.73 Å². The van der Waals surface area contributed by atoms with E-state index in [-0.39, 0.29) is 17.4 Å². The van der Waals surface area contributed by atoms with Gasteiger partial charge < -0.3 is 16.4 Å². The fraction of sp³-hybridized carbons (Fsp3) is 0.176. The number of primary amides is 1. The molecule has 1 atom stereocenters. The quantitative estimate of drug-likeness (QED) is 0.630. The molecule has 0 fully saturated rings. The number of hydrogen-bond acceptors (Lipinski definition) is 6. The summed E-state index contributed by atoms with van der Waals surface area (Å²) in [6.45, 7) is 0.532. The highest BCUT2D eigenvalue weighted by Gasteiger charge is 2.17. The molecule has 2 aromatic heterocycles. The number of amides is 1. The summed E-state index contributed by atoms with van der Waals surface area (Å²) in [6.07, 6.45) is 2.81. The fourth-order valence-electron chi connectivity index (χ4n) is 2.61. The van der Waals surface area contributed by atoms with E-state index in [0.29, 0.717) is 23.4 Å². The van der Waals surface area contributed by atoms with Crippen LogP contribution in [0.1, 0.15) is 22.0 Å². The Kier molecular flexibility index (Phi) is 4.80. The van der Waals surface area contributed by atoms with E-state index in [1.54, 1.807) is 13.1 Å². The van der Waals surface area contributed by atoms with Gasteiger partial charge in [-0.05, 0) is 30.8 Å². The fourth-order valence-corrected chi connectivity index (χ4v) is 2.61. The van der Waals surface area contributed by atoms with Crippen LogP contribution in [-0.4, -0.2) is 34.5 Å². The summed E-state index contributed by atoms with van der Waals surface area (Å²) in [5.74, 6) is -0.464. The number of pyridine rings is 1. The summed E-state index contributed by atoms with van der Waals surface area (Å²) in [5.41, 5.74) is 7.21. The van der Waals surface area contributed by atoms with E-state index in [0.717, 1.165) is 5.56 Å². The molecule has 3 aromatic rings. The zero-order valence-electron chi connectivity index (χ0n) is 13.5. The molecular formula is C17H17FN6O. The zero-order valence-corrected chi connectivity index (χ0v) is 13.5. The monoisotopic (exact) mass is 340 g/mol. The number of benzene rings is 1. The summed E-state index contributed by atoms with van der Waals surface area (Å²) in [6, 6.07) is 7.58. The molecule has 0 aliphatic heterocycles. The first kappa shape index (κ1) is 16.7. The van der Waals surface area contributed by atoms with E-state index in [2.05, 4.69) is 25.6 Å². The second-order valence-corrected chi connectivity index (χ2v) is 5.45. The molecule has 25 heavy (non-hydrogen) atoms. The van der Waals surface area contributed by atoms with Crippen molar-refractivity contribution in [2.45, 2.75) is 6.04 Å². The van der Waals surface area contributed by atoms with Crippen LogP contribution < -0.4 is 16.4 Å². The maximum atomic E-state index is 13.6. The molecule has 1 aromatic carbocycles. The van der Waals surface area contributed by atoms with E-state index in [9.17, 15) is 9.18 Å². The molecule has 7 nitrogen and oxygen atoms in total. The Labute approximate surface area is 143 Å². The van der Waals surface area contributed by atoms with Crippen LogP contribution in [0, 0.1) is 5.82 Å². The van der Waals surface area contributed by atoms with Gasteiger partial charge in [0.05, 0.1) is 11.6 Å². The number of rotatable bonds is 6. The van der Waals surface area contributed by atoms with Gasteiger partial charge in [0.1, 0.15) is 23.2 Å². The summed E-state index contributed by atoms with van der Waals surface area (Å²) in [4.78, 5) is 24.2. The highest BCUT2D eigenvalue weighted by Crippen LogP contribution is 2.24. The average molecular weight is 340 g/mol. The van der Waals surface area contributed by atoms with Crippen LogP contribution in [0.2, 0.25) is 0 Å². The van der Waals surface area contributed by atoms with Gasteiger partial charge in [-0.1, -0.05) is 12.1 Å². The number of fused-ring (bicyclic) bond motifs is 1. The van der Waals surface area contributed by atoms with Crippen LogP contribution in [0.3, 0.4) is 0 Å². The van der Waals surface area contributed by atoms with Crippen LogP contribution >= 0.6 is 0 Å². The van der Waals surface area contributed by atoms with Crippen molar-refractivity contribution in [1.82, 2.24) is 20.3 Å². The number of likely N-dealkylation sites (N-methyl/N-ethyl adjacent to an activating group) is 1. The third-order valence-corrected chi connectivity index (χ3v) is 3.76. The number of nitrogens with one attached hydrogen (secondary N) is 2. The Morgan fingerprint density at radius 3 is 2.80 bits per heavy atom. The molecular weight excluding hydrogens is 323 g/mol. The minimum absolute atomic E-state index is 0.252. The third-order valence-electron chi connectivity index (χ3n) is 3.76. The molecule has 1 unspecified atom stereocenters. The number of nitrogens with zero attached hydrogens (tertiary/aromatic N) is 3. The van der Waals surface area contributed by atoms with Crippen LogP contribution in [-0.2, 0) is 0 Å². The van der Waals surface area contributed by atoms with Crippen molar-refractivity contribution in [3.05, 3.63) is 59.8 Å². The molecule has 0 radical (unpaired) electrons. The molecule has 3 rings (SSSR count). The SMILES string of the molecule is CNCC(Nc1ncnc2c(C(N)=O)ccnc12)c1cccc(F)c1. The molecule has 0 spiro atoms. The number of aromatic nitrogens is 3. The largest absolute Gasteiger partial charge is 0.366 e. The number of nitrogens with two attached hydrogens (primary N) is 1. The van der Waals surface area contributed by atoms with Crippen molar-refractivity contribution in [3.63, 3.8) is 0 Å². The van der Waals surface area contributed by atoms with Crippen LogP contribution in [0.15, 0.2) is 42.9 Å². The lowest BCUT2D eigenvalue weighted by atomic mass is 10.1. The van der Waals surface area contributed by atoms with Gasteiger partial charge in [0.2, 0.25) is 0 Å². The van der Waals surface area contributed by atoms with Crippen molar-refractivity contribution in [2.75, 3.05) is 18.9 Å². The second kappa shape index (κ2) is 7.18. The Morgan fingerprint density at radius 2 is 2.08 bits per heavy atom. The highest BCUT2D eigenvalue weighted by atomic mass is 19.1. The smallest absolute Gasteiger partial charge is 0.251 e. The van der Waals surface area contributed by atoms with E-state index >= 15 is 0 Å². The molecule has 0 aliphatic rings. The van der Waals surface area contributed by atoms with Gasteiger partial charge >= 0.3 is 0 Å². The number of carbonyl (C=O) groups is 1. The van der Waals surface area contributed by atoms with Gasteiger partial charge in [-0.25, -0.2) is 14.4 Å². The van der Waals surface area contributed by atoms with Gasteiger partial charge in [0.25, 0.3) is 5.91 Å². The molecule has 4 N–H and O–H groups in total. The normalized spacial score (nSPS) is 12.1. The molecule has 128 valence electrons. The van der Waals surface area contributed by atoms with E-state index < -0.39 is 5.91 Å². The first-order valence-electron chi connectivity index (χ1n) is 7.66. The van der Waals surface area contributed by atoms with Crippen LogP contribution in [0.25, 0.3) is 11.0 Å². The van der Waals surface area contributed by atoms with Crippen LogP contribution in [0.4, 0.5) is 10.2 Å². The van der Waals surface area contributed by atoms with E-state index in [1.165, 1.54) is 30.7 Å². The predicted molar refractivity (Wildman–Crippen MR) is 92.5 cm³/mol. The molecule has 0 saturated heterocycles. The molecule has 1 amide bonds. The van der Waals surface area contributed by atoms with Gasteiger partial charge in [-0.3, -0.25) is 9.78 Å². The van der Waals surface area contributed by atoms with Gasteiger partial charge in [0, 0.05) is 12.7 Å². The first-order valence-corrected chi connectivity index (χ1v) is 7.66. The first-order chi connectivity index (χ1) is 12.1. The minimum Gasteiger partial charge on any atom is -0.366 e. The van der Waals surface area contributed by atoms with Gasteiger partial charge in [-0.15, -0.1) is 0 Å². The lowest BCUT2D eigenvalue weighted by molar-refractivity contribution is 0.100. The maximum Gasteiger partial charge on any atom is 0.251 e. The van der Waals surface area contributed by atoms with Crippen LogP contribution in [0.5, 0.6) is 0 Å². The third kappa shape index (κ3) is 3.53. The highest BCUT2D eigenvalue weighted by molar-refractivity contribution is 6.05. The van der Waals surface area contributed by atoms with Crippen molar-refractivity contribution in [3.8, 4) is 0 Å². The molecule has 8 heteroatoms. The number of hydrogen-bond donors (Lipinski definition) is 3. The molecule has 2 heterocycles. The summed E-state index contributed by atoms with van der Waals surface area (Å²) in [7, 11) is 1.80. The Balaban J connectivity index is 2.03. The minimum atomic E-state index is -0.589. The molecule has 0 aliphatic carbocycles. The topological polar surface area (TPSA) is 106 Å². The molecule has 0 saturated carbocycles. The lowest BCUT2D eigenvalue weighted by Gasteiger charge is -2.20. The van der Waals surface area contributed by atoms with Gasteiger partial charge in [0.15, 0.2) is 5.82 Å². The Hall–Kier alpha value is -3.13. The summed E-state index contributed by atoms with van der Waals surface area (Å²) in [5, 5.41) is 6.30. The number of halogens is 1. The summed E-state index contributed by atoms with van der Waals surface area (Å²) >= 11 is 0. The van der Waals surface area contributed by atoms with Crippen molar-refractivity contribution in [1.29, 1.82) is 0 Å². The van der Waals surface area contributed by atoms with Crippen molar-refractivity contribution in [2.24, 2.45) is 5.73 Å². The van der Waals surface area contributed by atoms with Crippen molar-refractivity contribution >= 4 is 22.8 Å². The number of carbonyl (C=O) groups excluding carboxylic acids is 1. The molecule has 0 bridgehead atoms. The lowest BCUT2D eigenvalue weighted by Crippen LogP contribution is -2.24. The average Bonchev–Trinajstić information content (AvgIpc) is 2.61. The van der Waals surface area contributed by atoms with Gasteiger partial charge in [-0.2, -0.15) is 0 Å². The maximum absolute atomic E-state index is 13.6. The van der Waals surface area contributed by atoms with Crippen molar-refractivity contribution < 1.29 is 9.18 Å². The second-order valence-electron chi connectivity index (χ2n) is 5.45. The Bertz CT molecular complexity index is 917. The number of anilines is 1. The summed E-state index contributed by atoms with van der Waals surface area (Å²) < 4.78 is 13.6.